The quantitative estimate of drug-likeness (QED) is 0.0682. The summed E-state index contributed by atoms with van der Waals surface area (Å²) in [4.78, 5) is 16.5. The van der Waals surface area contributed by atoms with E-state index in [9.17, 15) is 5.11 Å². The molecule has 0 saturated heterocycles. The molecule has 0 aliphatic carbocycles. The maximum absolute atomic E-state index is 16.5. The second-order valence-electron chi connectivity index (χ2n) is 26.2. The second-order valence-corrected chi connectivity index (χ2v) is 59.7. The Morgan fingerprint density at radius 3 is 1.28 bits per heavy atom. The summed E-state index contributed by atoms with van der Waals surface area (Å²) in [5, 5.41) is 12.2. The number of hydrogen-bond donors (Lipinski definition) is 1. The Kier molecular flexibility index (Phi) is 22.5. The van der Waals surface area contributed by atoms with Gasteiger partial charge in [-0.15, -0.1) is 0 Å². The summed E-state index contributed by atoms with van der Waals surface area (Å²) in [5.41, 5.74) is 2.87. The monoisotopic (exact) mass is 1030 g/mol. The predicted octanol–water partition coefficient (Wildman–Crippen LogP) is 15.4. The number of carbonyl (C=O) groups is 1. The van der Waals surface area contributed by atoms with Gasteiger partial charge in [0.2, 0.25) is 0 Å². The molecule has 0 amide bonds. The first-order chi connectivity index (χ1) is 28.9. The van der Waals surface area contributed by atoms with Crippen molar-refractivity contribution >= 4 is 64.0 Å². The first kappa shape index (κ1) is 62.8. The fourth-order valence-electron chi connectivity index (χ4n) is 9.43. The Labute approximate surface area is 408 Å². The van der Waals surface area contributed by atoms with Gasteiger partial charge in [0, 0.05) is 17.2 Å². The summed E-state index contributed by atoms with van der Waals surface area (Å²) >= 11 is 0. The van der Waals surface area contributed by atoms with Crippen LogP contribution >= 0.6 is 0 Å². The Balaban J connectivity index is 4.89. The van der Waals surface area contributed by atoms with Crippen LogP contribution in [0.25, 0.3) is 0 Å². The Bertz CT molecular complexity index is 1600. The van der Waals surface area contributed by atoms with Crippen LogP contribution in [0.5, 0.6) is 11.5 Å². The molecular formula is C49H104O9Si7. The zero-order valence-electron chi connectivity index (χ0n) is 47.6. The number of Topliss-reactive ketones (excluding diaryl/α,β-unsaturated/α-hetero) is 1. The number of aliphatic hydroxyl groups excluding tert-OH is 1. The van der Waals surface area contributed by atoms with Crippen molar-refractivity contribution < 1.29 is 40.9 Å². The minimum absolute atomic E-state index is 0.0653. The van der Waals surface area contributed by atoms with Crippen LogP contribution in [-0.2, 0) is 28.7 Å². The smallest absolute Gasteiger partial charge is 0.258 e. The van der Waals surface area contributed by atoms with Gasteiger partial charge in [-0.1, -0.05) is 104 Å². The van der Waals surface area contributed by atoms with Crippen LogP contribution in [0.15, 0.2) is 12.1 Å². The third-order valence-electron chi connectivity index (χ3n) is 13.2. The molecule has 0 radical (unpaired) electrons. The highest BCUT2D eigenvalue weighted by molar-refractivity contribution is 6.79. The molecule has 0 aromatic heterocycles. The van der Waals surface area contributed by atoms with E-state index < -0.39 is 82.6 Å². The van der Waals surface area contributed by atoms with Crippen molar-refractivity contribution in [3.63, 3.8) is 0 Å². The van der Waals surface area contributed by atoms with Gasteiger partial charge in [-0.3, -0.25) is 4.79 Å². The second kappa shape index (κ2) is 23.3. The molecule has 382 valence electrons. The molecule has 0 bridgehead atoms. The Morgan fingerprint density at radius 1 is 0.538 bits per heavy atom. The van der Waals surface area contributed by atoms with Gasteiger partial charge in [-0.2, -0.15) is 0 Å². The SMILES string of the molecule is CC(C)[Si](Oc1cc(O[Si](C(C)C)(C(C)C)C(C)C)c(CO[Si](C)(C)C(C)(C)C)c(C(=O)C(O[Si](C)(C)C)C(O[Si](C)(C)C)C(O[Si](C)(C)C)[C@H](O)CO[Si](C)(C)C)c1)(C(C)C)C(C)C. The lowest BCUT2D eigenvalue weighted by Crippen LogP contribution is -2.59. The summed E-state index contributed by atoms with van der Waals surface area (Å²) in [5.74, 6) is 1.08. The zero-order chi connectivity index (χ0) is 51.4. The highest BCUT2D eigenvalue weighted by Gasteiger charge is 2.51. The first-order valence-corrected chi connectivity index (χ1v) is 45.8. The van der Waals surface area contributed by atoms with Gasteiger partial charge in [0.25, 0.3) is 16.6 Å². The van der Waals surface area contributed by atoms with Crippen molar-refractivity contribution in [3.05, 3.63) is 23.3 Å². The molecule has 65 heavy (non-hydrogen) atoms. The molecular weight excluding hydrogens is 929 g/mol. The molecule has 1 rings (SSSR count). The Morgan fingerprint density at radius 2 is 0.923 bits per heavy atom. The van der Waals surface area contributed by atoms with Crippen molar-refractivity contribution in [2.75, 3.05) is 6.61 Å². The number of carbonyl (C=O) groups excluding carboxylic acids is 1. The average Bonchev–Trinajstić information content (AvgIpc) is 3.08. The van der Waals surface area contributed by atoms with Crippen molar-refractivity contribution in [1.82, 2.24) is 0 Å². The van der Waals surface area contributed by atoms with Crippen LogP contribution in [0, 0.1) is 0 Å². The van der Waals surface area contributed by atoms with E-state index in [0.717, 1.165) is 5.56 Å². The topological polar surface area (TPSA) is 102 Å². The lowest BCUT2D eigenvalue weighted by Gasteiger charge is -2.45. The maximum atomic E-state index is 16.5. The summed E-state index contributed by atoms with van der Waals surface area (Å²) in [6.45, 7) is 64.3. The van der Waals surface area contributed by atoms with Gasteiger partial charge in [0.05, 0.1) is 13.2 Å². The van der Waals surface area contributed by atoms with Crippen molar-refractivity contribution in [3.8, 4) is 11.5 Å². The maximum Gasteiger partial charge on any atom is 0.258 e. The predicted molar refractivity (Wildman–Crippen MR) is 296 cm³/mol. The standard InChI is InChI=1S/C49H104O9Si7/c1-34(2)64(35(3)4,36(5)6)54-40-30-41(42(32-53-63(28,29)49(13,14)15)44(31-40)55-65(37(7)8,38(9)10)39(11)12)45(51)47(57-61(22,23)24)48(58-62(25,26)27)46(56-60(19,20)21)43(50)33-52-59(16,17)18/h30-31,34-39,43,46-48,50H,32-33H2,1-29H3/t43-,46?,47?,48?/m1/s1. The molecule has 3 unspecified atom stereocenters. The first-order valence-electron chi connectivity index (χ1n) is 24.9. The molecule has 1 N–H and O–H groups in total. The summed E-state index contributed by atoms with van der Waals surface area (Å²) in [6.07, 6.45) is -4.05. The summed E-state index contributed by atoms with van der Waals surface area (Å²) in [7, 11) is -17.0. The molecule has 0 aliphatic rings. The number of hydrogen-bond acceptors (Lipinski definition) is 9. The fraction of sp³-hybridized carbons (Fsp3) is 0.857. The van der Waals surface area contributed by atoms with E-state index in [4.69, 9.17) is 31.0 Å². The van der Waals surface area contributed by atoms with Gasteiger partial charge >= 0.3 is 0 Å². The van der Waals surface area contributed by atoms with Gasteiger partial charge in [0.1, 0.15) is 35.9 Å². The number of rotatable bonds is 27. The van der Waals surface area contributed by atoms with E-state index in [-0.39, 0.29) is 40.7 Å². The third kappa shape index (κ3) is 17.5. The highest BCUT2D eigenvalue weighted by Crippen LogP contribution is 2.48. The van der Waals surface area contributed by atoms with Gasteiger partial charge in [-0.05, 0) is 136 Å². The largest absolute Gasteiger partial charge is 0.543 e. The lowest BCUT2D eigenvalue weighted by molar-refractivity contribution is -0.0852. The highest BCUT2D eigenvalue weighted by atomic mass is 28.4. The number of aliphatic hydroxyl groups is 1. The number of benzene rings is 1. The van der Waals surface area contributed by atoms with Crippen LogP contribution in [0.3, 0.4) is 0 Å². The van der Waals surface area contributed by atoms with Crippen molar-refractivity contribution in [2.45, 2.75) is 265 Å². The van der Waals surface area contributed by atoms with E-state index in [0.29, 0.717) is 33.7 Å². The molecule has 0 saturated carbocycles. The van der Waals surface area contributed by atoms with E-state index >= 15 is 4.79 Å². The molecule has 0 fully saturated rings. The van der Waals surface area contributed by atoms with Crippen LogP contribution in [0.1, 0.15) is 120 Å². The minimum atomic E-state index is -2.62. The number of ketones is 1. The van der Waals surface area contributed by atoms with E-state index in [1.807, 2.05) is 6.07 Å². The molecule has 0 aliphatic heterocycles. The summed E-state index contributed by atoms with van der Waals surface area (Å²) in [6, 6.07) is 4.08. The van der Waals surface area contributed by atoms with Gasteiger partial charge < -0.3 is 36.1 Å². The lowest BCUT2D eigenvalue weighted by atomic mass is 9.93. The van der Waals surface area contributed by atoms with E-state index in [2.05, 4.69) is 202 Å². The minimum Gasteiger partial charge on any atom is -0.543 e. The molecule has 0 heterocycles. The van der Waals surface area contributed by atoms with Crippen LogP contribution in [-0.4, -0.2) is 100 Å². The normalized spacial score (nSPS) is 16.3. The fourth-order valence-corrected chi connectivity index (χ4v) is 24.7. The van der Waals surface area contributed by atoms with Gasteiger partial charge in [-0.25, -0.2) is 0 Å². The average molecular weight is 1030 g/mol. The molecule has 1 aromatic carbocycles. The molecule has 4 atom stereocenters. The van der Waals surface area contributed by atoms with Crippen LogP contribution in [0.4, 0.5) is 0 Å². The molecule has 0 spiro atoms. The van der Waals surface area contributed by atoms with Crippen LogP contribution < -0.4 is 8.85 Å². The third-order valence-corrected chi connectivity index (χ3v) is 33.7. The summed E-state index contributed by atoms with van der Waals surface area (Å²) < 4.78 is 50.3. The molecule has 9 nitrogen and oxygen atoms in total. The Hall–Kier alpha value is -0.232. The molecule has 1 aromatic rings. The van der Waals surface area contributed by atoms with Crippen LogP contribution in [0.2, 0.25) is 130 Å². The van der Waals surface area contributed by atoms with Crippen molar-refractivity contribution in [1.29, 1.82) is 0 Å². The molecule has 16 heteroatoms. The van der Waals surface area contributed by atoms with E-state index in [1.54, 1.807) is 0 Å². The van der Waals surface area contributed by atoms with E-state index in [1.165, 1.54) is 0 Å². The van der Waals surface area contributed by atoms with Crippen molar-refractivity contribution in [2.24, 2.45) is 0 Å². The van der Waals surface area contributed by atoms with Gasteiger partial charge in [0.15, 0.2) is 47.4 Å². The zero-order valence-corrected chi connectivity index (χ0v) is 54.6.